The van der Waals surface area contributed by atoms with E-state index in [4.69, 9.17) is 5.11 Å². The molecule has 0 radical (unpaired) electrons. The zero-order chi connectivity index (χ0) is 14.0. The maximum absolute atomic E-state index is 12.4. The third-order valence-electron chi connectivity index (χ3n) is 3.00. The summed E-state index contributed by atoms with van der Waals surface area (Å²) < 4.78 is 37.3. The third-order valence-corrected chi connectivity index (χ3v) is 3.00. The SMILES string of the molecule is CCNC(C)(CN(CC(F)(F)F)C1CC1)C(=O)O. The van der Waals surface area contributed by atoms with Crippen LogP contribution < -0.4 is 5.32 Å². The van der Waals surface area contributed by atoms with Crippen molar-refractivity contribution in [2.24, 2.45) is 0 Å². The molecule has 1 rings (SSSR count). The predicted molar refractivity (Wildman–Crippen MR) is 60.4 cm³/mol. The van der Waals surface area contributed by atoms with Crippen LogP contribution in [0.5, 0.6) is 0 Å². The summed E-state index contributed by atoms with van der Waals surface area (Å²) in [5, 5.41) is 11.9. The summed E-state index contributed by atoms with van der Waals surface area (Å²) in [6.07, 6.45) is -2.88. The molecule has 0 amide bonds. The minimum Gasteiger partial charge on any atom is -0.480 e. The van der Waals surface area contributed by atoms with Crippen LogP contribution in [-0.4, -0.2) is 53.4 Å². The number of halogens is 3. The highest BCUT2D eigenvalue weighted by atomic mass is 19.4. The van der Waals surface area contributed by atoms with Gasteiger partial charge in [-0.25, -0.2) is 0 Å². The van der Waals surface area contributed by atoms with Crippen molar-refractivity contribution in [2.45, 2.75) is 44.4 Å². The first-order valence-electron chi connectivity index (χ1n) is 5.97. The van der Waals surface area contributed by atoms with E-state index in [1.807, 2.05) is 0 Å². The maximum Gasteiger partial charge on any atom is 0.401 e. The second kappa shape index (κ2) is 5.44. The highest BCUT2D eigenvalue weighted by Crippen LogP contribution is 2.31. The molecular formula is C11H19F3N2O2. The van der Waals surface area contributed by atoms with E-state index in [1.54, 1.807) is 6.92 Å². The Hall–Kier alpha value is -0.820. The standard InChI is InChI=1S/C11H19F3N2O2/c1-3-15-10(2,9(17)18)6-16(8-4-5-8)7-11(12,13)14/h8,15H,3-7H2,1-2H3,(H,17,18). The van der Waals surface area contributed by atoms with E-state index >= 15 is 0 Å². The van der Waals surface area contributed by atoms with Gasteiger partial charge in [0.15, 0.2) is 0 Å². The van der Waals surface area contributed by atoms with Crippen LogP contribution in [0.2, 0.25) is 0 Å². The van der Waals surface area contributed by atoms with Crippen molar-refractivity contribution < 1.29 is 23.1 Å². The van der Waals surface area contributed by atoms with Crippen LogP contribution in [0.3, 0.4) is 0 Å². The smallest absolute Gasteiger partial charge is 0.401 e. The number of hydrogen-bond donors (Lipinski definition) is 2. The number of carbonyl (C=O) groups is 1. The van der Waals surface area contributed by atoms with Crippen LogP contribution in [0.15, 0.2) is 0 Å². The van der Waals surface area contributed by atoms with Crippen LogP contribution in [0, 0.1) is 0 Å². The van der Waals surface area contributed by atoms with E-state index in [-0.39, 0.29) is 12.6 Å². The number of aliphatic carboxylic acids is 1. The van der Waals surface area contributed by atoms with Crippen molar-refractivity contribution in [3.05, 3.63) is 0 Å². The van der Waals surface area contributed by atoms with Gasteiger partial charge in [-0.15, -0.1) is 0 Å². The highest BCUT2D eigenvalue weighted by molar-refractivity contribution is 5.78. The molecule has 1 atom stereocenters. The van der Waals surface area contributed by atoms with E-state index in [0.29, 0.717) is 19.4 Å². The van der Waals surface area contributed by atoms with Crippen LogP contribution >= 0.6 is 0 Å². The van der Waals surface area contributed by atoms with E-state index in [9.17, 15) is 18.0 Å². The first kappa shape index (κ1) is 15.2. The number of nitrogens with one attached hydrogen (secondary N) is 1. The summed E-state index contributed by atoms with van der Waals surface area (Å²) >= 11 is 0. The molecule has 4 nitrogen and oxygen atoms in total. The molecule has 0 heterocycles. The topological polar surface area (TPSA) is 52.6 Å². The van der Waals surface area contributed by atoms with Gasteiger partial charge in [-0.3, -0.25) is 9.69 Å². The molecule has 0 saturated heterocycles. The maximum atomic E-state index is 12.4. The molecule has 1 saturated carbocycles. The van der Waals surface area contributed by atoms with E-state index in [2.05, 4.69) is 5.32 Å². The molecule has 1 fully saturated rings. The number of rotatable bonds is 7. The van der Waals surface area contributed by atoms with Gasteiger partial charge in [-0.1, -0.05) is 6.92 Å². The molecule has 0 spiro atoms. The summed E-state index contributed by atoms with van der Waals surface area (Å²) in [5.41, 5.74) is -1.34. The lowest BCUT2D eigenvalue weighted by molar-refractivity contribution is -0.156. The Morgan fingerprint density at radius 2 is 1.94 bits per heavy atom. The van der Waals surface area contributed by atoms with Gasteiger partial charge in [0.2, 0.25) is 0 Å². The molecule has 2 N–H and O–H groups in total. The van der Waals surface area contributed by atoms with E-state index < -0.39 is 24.2 Å². The largest absolute Gasteiger partial charge is 0.480 e. The van der Waals surface area contributed by atoms with E-state index in [1.165, 1.54) is 11.8 Å². The minimum absolute atomic E-state index is 0.135. The van der Waals surface area contributed by atoms with Crippen molar-refractivity contribution in [1.82, 2.24) is 10.2 Å². The Bertz CT molecular complexity index is 305. The van der Waals surface area contributed by atoms with Gasteiger partial charge >= 0.3 is 12.1 Å². The Morgan fingerprint density at radius 1 is 1.39 bits per heavy atom. The fourth-order valence-corrected chi connectivity index (χ4v) is 1.98. The predicted octanol–water partition coefficient (Wildman–Crippen LogP) is 1.47. The van der Waals surface area contributed by atoms with Gasteiger partial charge in [0.05, 0.1) is 6.54 Å². The summed E-state index contributed by atoms with van der Waals surface area (Å²) in [5.74, 6) is -1.13. The fourth-order valence-electron chi connectivity index (χ4n) is 1.98. The molecule has 1 aliphatic carbocycles. The molecule has 7 heteroatoms. The number of alkyl halides is 3. The average Bonchev–Trinajstić information content (AvgIpc) is 2.97. The van der Waals surface area contributed by atoms with E-state index in [0.717, 1.165) is 0 Å². The fraction of sp³-hybridized carbons (Fsp3) is 0.909. The third kappa shape index (κ3) is 4.45. The molecular weight excluding hydrogens is 249 g/mol. The zero-order valence-electron chi connectivity index (χ0n) is 10.5. The van der Waals surface area contributed by atoms with Crippen molar-refractivity contribution in [3.8, 4) is 0 Å². The van der Waals surface area contributed by atoms with Crippen molar-refractivity contribution in [2.75, 3.05) is 19.6 Å². The number of carboxylic acids is 1. The number of likely N-dealkylation sites (N-methyl/N-ethyl adjacent to an activating group) is 1. The molecule has 1 aliphatic rings. The lowest BCUT2D eigenvalue weighted by Gasteiger charge is -2.33. The Balaban J connectivity index is 2.71. The first-order chi connectivity index (χ1) is 8.18. The number of carboxylic acid groups (broad SMARTS) is 1. The van der Waals surface area contributed by atoms with Crippen molar-refractivity contribution >= 4 is 5.97 Å². The molecule has 1 unspecified atom stereocenters. The van der Waals surface area contributed by atoms with Crippen LogP contribution in [0.25, 0.3) is 0 Å². The Kier molecular flexibility index (Phi) is 4.61. The van der Waals surface area contributed by atoms with Gasteiger partial charge in [0.25, 0.3) is 0 Å². The zero-order valence-corrected chi connectivity index (χ0v) is 10.5. The Labute approximate surface area is 104 Å². The molecule has 0 aromatic rings. The second-order valence-electron chi connectivity index (χ2n) is 4.92. The normalized spacial score (nSPS) is 19.9. The van der Waals surface area contributed by atoms with Crippen LogP contribution in [-0.2, 0) is 4.79 Å². The minimum atomic E-state index is -4.30. The van der Waals surface area contributed by atoms with Crippen LogP contribution in [0.4, 0.5) is 13.2 Å². The molecule has 18 heavy (non-hydrogen) atoms. The van der Waals surface area contributed by atoms with Crippen molar-refractivity contribution in [1.29, 1.82) is 0 Å². The van der Waals surface area contributed by atoms with Crippen LogP contribution in [0.1, 0.15) is 26.7 Å². The Morgan fingerprint density at radius 3 is 2.28 bits per heavy atom. The molecule has 0 aromatic heterocycles. The molecule has 106 valence electrons. The summed E-state index contributed by atoms with van der Waals surface area (Å²) in [6, 6.07) is -0.135. The number of nitrogens with zero attached hydrogens (tertiary/aromatic N) is 1. The lowest BCUT2D eigenvalue weighted by Crippen LogP contribution is -2.58. The summed E-state index contributed by atoms with van der Waals surface area (Å²) in [4.78, 5) is 12.4. The van der Waals surface area contributed by atoms with Gasteiger partial charge in [0, 0.05) is 12.6 Å². The summed E-state index contributed by atoms with van der Waals surface area (Å²) in [6.45, 7) is 2.36. The van der Waals surface area contributed by atoms with Gasteiger partial charge in [0.1, 0.15) is 5.54 Å². The molecule has 0 aliphatic heterocycles. The van der Waals surface area contributed by atoms with Crippen molar-refractivity contribution in [3.63, 3.8) is 0 Å². The average molecular weight is 268 g/mol. The highest BCUT2D eigenvalue weighted by Gasteiger charge is 2.43. The second-order valence-corrected chi connectivity index (χ2v) is 4.92. The monoisotopic (exact) mass is 268 g/mol. The van der Waals surface area contributed by atoms with Gasteiger partial charge in [-0.2, -0.15) is 13.2 Å². The first-order valence-corrected chi connectivity index (χ1v) is 5.97. The lowest BCUT2D eigenvalue weighted by atomic mass is 10.0. The summed E-state index contributed by atoms with van der Waals surface area (Å²) in [7, 11) is 0. The molecule has 0 aromatic carbocycles. The quantitative estimate of drug-likeness (QED) is 0.734. The number of hydrogen-bond acceptors (Lipinski definition) is 3. The molecule has 0 bridgehead atoms. The van der Waals surface area contributed by atoms with Gasteiger partial charge in [-0.05, 0) is 26.3 Å². The van der Waals surface area contributed by atoms with Gasteiger partial charge < -0.3 is 10.4 Å².